The average molecular weight is 428 g/mol. The third kappa shape index (κ3) is 3.92. The SMILES string of the molecule is COc1ccc([C@@H]2C=C(c3ccc(F)cc3)Nc3ncnn32)cc1OCc1ccccc1. The second kappa shape index (κ2) is 8.55. The van der Waals surface area contributed by atoms with Gasteiger partial charge in [0.05, 0.1) is 7.11 Å². The van der Waals surface area contributed by atoms with Crippen LogP contribution in [0.15, 0.2) is 85.2 Å². The summed E-state index contributed by atoms with van der Waals surface area (Å²) in [6.07, 6.45) is 3.55. The number of hydrogen-bond donors (Lipinski definition) is 1. The highest BCUT2D eigenvalue weighted by molar-refractivity contribution is 5.77. The Bertz CT molecular complexity index is 1250. The van der Waals surface area contributed by atoms with Crippen LogP contribution in [0.1, 0.15) is 22.7 Å². The Labute approximate surface area is 185 Å². The Morgan fingerprint density at radius 3 is 2.59 bits per heavy atom. The molecule has 4 aromatic rings. The molecule has 0 fully saturated rings. The molecule has 1 aliphatic rings. The number of benzene rings is 3. The zero-order valence-corrected chi connectivity index (χ0v) is 17.4. The first-order valence-electron chi connectivity index (χ1n) is 10.2. The summed E-state index contributed by atoms with van der Waals surface area (Å²) < 4.78 is 26.8. The van der Waals surface area contributed by atoms with Crippen LogP contribution in [0.25, 0.3) is 5.70 Å². The molecule has 0 bridgehead atoms. The van der Waals surface area contributed by atoms with Crippen LogP contribution in [0.4, 0.5) is 10.3 Å². The molecule has 6 nitrogen and oxygen atoms in total. The van der Waals surface area contributed by atoms with Crippen molar-refractivity contribution in [1.82, 2.24) is 14.8 Å². The lowest BCUT2D eigenvalue weighted by atomic mass is 10.0. The Morgan fingerprint density at radius 1 is 1.00 bits per heavy atom. The van der Waals surface area contributed by atoms with Gasteiger partial charge in [0.1, 0.15) is 24.8 Å². The van der Waals surface area contributed by atoms with Crippen LogP contribution >= 0.6 is 0 Å². The Balaban J connectivity index is 1.50. The van der Waals surface area contributed by atoms with Gasteiger partial charge < -0.3 is 14.8 Å². The fourth-order valence-electron chi connectivity index (χ4n) is 3.69. The van der Waals surface area contributed by atoms with Gasteiger partial charge in [-0.05, 0) is 59.2 Å². The van der Waals surface area contributed by atoms with Gasteiger partial charge in [0.15, 0.2) is 11.5 Å². The van der Waals surface area contributed by atoms with Gasteiger partial charge in [-0.25, -0.2) is 9.07 Å². The van der Waals surface area contributed by atoms with Crippen LogP contribution < -0.4 is 14.8 Å². The molecule has 2 heterocycles. The average Bonchev–Trinajstić information content (AvgIpc) is 3.32. The summed E-state index contributed by atoms with van der Waals surface area (Å²) in [7, 11) is 1.62. The highest BCUT2D eigenvalue weighted by Crippen LogP contribution is 2.36. The minimum atomic E-state index is -0.278. The van der Waals surface area contributed by atoms with E-state index in [-0.39, 0.29) is 11.9 Å². The van der Waals surface area contributed by atoms with Gasteiger partial charge in [0.25, 0.3) is 0 Å². The fraction of sp³-hybridized carbons (Fsp3) is 0.120. The lowest BCUT2D eigenvalue weighted by Crippen LogP contribution is -2.20. The largest absolute Gasteiger partial charge is 0.493 e. The normalized spacial score (nSPS) is 14.8. The number of ether oxygens (including phenoxy) is 2. The number of hydrogen-bond acceptors (Lipinski definition) is 5. The van der Waals surface area contributed by atoms with Gasteiger partial charge in [-0.2, -0.15) is 10.1 Å². The molecule has 1 N–H and O–H groups in total. The number of halogens is 1. The second-order valence-electron chi connectivity index (χ2n) is 7.37. The molecule has 1 aliphatic heterocycles. The van der Waals surface area contributed by atoms with E-state index >= 15 is 0 Å². The van der Waals surface area contributed by atoms with Crippen LogP contribution in [0.3, 0.4) is 0 Å². The first-order chi connectivity index (χ1) is 15.7. The molecule has 0 aliphatic carbocycles. The van der Waals surface area contributed by atoms with E-state index in [4.69, 9.17) is 9.47 Å². The Morgan fingerprint density at radius 2 is 1.81 bits per heavy atom. The van der Waals surface area contributed by atoms with Gasteiger partial charge >= 0.3 is 0 Å². The van der Waals surface area contributed by atoms with E-state index in [1.807, 2.05) is 54.6 Å². The maximum atomic E-state index is 13.4. The van der Waals surface area contributed by atoms with Crippen LogP contribution in [0.5, 0.6) is 11.5 Å². The molecule has 3 aromatic carbocycles. The van der Waals surface area contributed by atoms with Crippen molar-refractivity contribution in [2.45, 2.75) is 12.6 Å². The predicted octanol–water partition coefficient (Wildman–Crippen LogP) is 5.06. The Kier molecular flexibility index (Phi) is 5.29. The smallest absolute Gasteiger partial charge is 0.226 e. The molecule has 0 spiro atoms. The number of methoxy groups -OCH3 is 1. The van der Waals surface area contributed by atoms with E-state index in [0.29, 0.717) is 24.1 Å². The molecular weight excluding hydrogens is 407 g/mol. The molecule has 160 valence electrons. The number of aromatic nitrogens is 3. The minimum Gasteiger partial charge on any atom is -0.493 e. The van der Waals surface area contributed by atoms with Gasteiger partial charge in [0, 0.05) is 5.70 Å². The van der Waals surface area contributed by atoms with Gasteiger partial charge in [0.2, 0.25) is 5.95 Å². The van der Waals surface area contributed by atoms with Crippen molar-refractivity contribution in [2.24, 2.45) is 0 Å². The van der Waals surface area contributed by atoms with Crippen molar-refractivity contribution in [3.05, 3.63) is 108 Å². The quantitative estimate of drug-likeness (QED) is 0.465. The Hall–Kier alpha value is -4.13. The van der Waals surface area contributed by atoms with Crippen molar-refractivity contribution in [2.75, 3.05) is 12.4 Å². The van der Waals surface area contributed by atoms with E-state index < -0.39 is 0 Å². The molecule has 0 unspecified atom stereocenters. The van der Waals surface area contributed by atoms with E-state index in [2.05, 4.69) is 15.4 Å². The monoisotopic (exact) mass is 428 g/mol. The summed E-state index contributed by atoms with van der Waals surface area (Å²) in [5, 5.41) is 7.66. The van der Waals surface area contributed by atoms with Crippen LogP contribution in [-0.2, 0) is 6.61 Å². The molecule has 0 saturated heterocycles. The van der Waals surface area contributed by atoms with Crippen molar-refractivity contribution >= 4 is 11.6 Å². The maximum Gasteiger partial charge on any atom is 0.226 e. The van der Waals surface area contributed by atoms with Crippen LogP contribution in [0, 0.1) is 5.82 Å². The van der Waals surface area contributed by atoms with Gasteiger partial charge in [-0.15, -0.1) is 0 Å². The number of nitrogens with one attached hydrogen (secondary N) is 1. The molecule has 0 radical (unpaired) electrons. The minimum absolute atomic E-state index is 0.223. The van der Waals surface area contributed by atoms with Crippen molar-refractivity contribution in [3.8, 4) is 11.5 Å². The molecule has 5 rings (SSSR count). The molecular formula is C25H21FN4O2. The molecule has 0 saturated carbocycles. The predicted molar refractivity (Wildman–Crippen MR) is 120 cm³/mol. The fourth-order valence-corrected chi connectivity index (χ4v) is 3.69. The summed E-state index contributed by atoms with van der Waals surface area (Å²) in [5.74, 6) is 1.63. The third-order valence-corrected chi connectivity index (χ3v) is 5.33. The number of nitrogens with zero attached hydrogens (tertiary/aromatic N) is 3. The standard InChI is InChI=1S/C25H21FN4O2/c1-31-23-12-9-19(13-24(23)32-15-17-5-3-2-4-6-17)22-14-21(18-7-10-20(26)11-8-18)29-25-27-16-28-30(22)25/h2-14,16,22H,15H2,1H3,(H,27,28,29)/t22-/m0/s1. The first kappa shape index (κ1) is 19.8. The topological polar surface area (TPSA) is 61.2 Å². The molecule has 1 atom stereocenters. The summed E-state index contributed by atoms with van der Waals surface area (Å²) in [4.78, 5) is 4.33. The van der Waals surface area contributed by atoms with E-state index in [0.717, 1.165) is 22.4 Å². The van der Waals surface area contributed by atoms with E-state index in [9.17, 15) is 4.39 Å². The zero-order chi connectivity index (χ0) is 21.9. The van der Waals surface area contributed by atoms with Crippen molar-refractivity contribution in [3.63, 3.8) is 0 Å². The first-order valence-corrected chi connectivity index (χ1v) is 10.2. The van der Waals surface area contributed by atoms with Gasteiger partial charge in [-0.3, -0.25) is 0 Å². The molecule has 7 heteroatoms. The van der Waals surface area contributed by atoms with Crippen LogP contribution in [0.2, 0.25) is 0 Å². The van der Waals surface area contributed by atoms with Crippen molar-refractivity contribution < 1.29 is 13.9 Å². The maximum absolute atomic E-state index is 13.4. The van der Waals surface area contributed by atoms with Gasteiger partial charge in [-0.1, -0.05) is 36.4 Å². The highest BCUT2D eigenvalue weighted by atomic mass is 19.1. The molecule has 32 heavy (non-hydrogen) atoms. The van der Waals surface area contributed by atoms with E-state index in [1.54, 1.807) is 23.9 Å². The zero-order valence-electron chi connectivity index (χ0n) is 17.4. The molecule has 1 aromatic heterocycles. The second-order valence-corrected chi connectivity index (χ2v) is 7.37. The summed E-state index contributed by atoms with van der Waals surface area (Å²) >= 11 is 0. The lowest BCUT2D eigenvalue weighted by molar-refractivity contribution is 0.284. The van der Waals surface area contributed by atoms with E-state index in [1.165, 1.54) is 18.5 Å². The number of fused-ring (bicyclic) bond motifs is 1. The third-order valence-electron chi connectivity index (χ3n) is 5.33. The lowest BCUT2D eigenvalue weighted by Gasteiger charge is -2.25. The highest BCUT2D eigenvalue weighted by Gasteiger charge is 2.24. The summed E-state index contributed by atoms with van der Waals surface area (Å²) in [6.45, 7) is 0.429. The molecule has 0 amide bonds. The number of rotatable bonds is 6. The number of anilines is 1. The van der Waals surface area contributed by atoms with Crippen LogP contribution in [-0.4, -0.2) is 21.9 Å². The summed E-state index contributed by atoms with van der Waals surface area (Å²) in [5.41, 5.74) is 3.72. The van der Waals surface area contributed by atoms with Crippen molar-refractivity contribution in [1.29, 1.82) is 0 Å². The summed E-state index contributed by atoms with van der Waals surface area (Å²) in [6, 6.07) is 21.9. The number of allylic oxidation sites excluding steroid dienone is 1.